The van der Waals surface area contributed by atoms with Crippen LogP contribution in [0, 0.1) is 6.92 Å². The van der Waals surface area contributed by atoms with Crippen molar-refractivity contribution in [2.24, 2.45) is 0 Å². The third-order valence-electron chi connectivity index (χ3n) is 6.27. The Kier molecular flexibility index (Phi) is 8.24. The highest BCUT2D eigenvalue weighted by Crippen LogP contribution is 2.43. The number of benzene rings is 1. The first-order chi connectivity index (χ1) is 15.7. The van der Waals surface area contributed by atoms with E-state index < -0.39 is 0 Å². The van der Waals surface area contributed by atoms with Crippen LogP contribution in [0.15, 0.2) is 23.1 Å². The fraction of sp³-hybridized carbons (Fsp3) is 0.583. The Morgan fingerprint density at radius 2 is 1.97 bits per heavy atom. The molecule has 7 nitrogen and oxygen atoms in total. The Hall–Kier alpha value is -1.87. The second-order valence-corrected chi connectivity index (χ2v) is 9.45. The Morgan fingerprint density at radius 3 is 2.72 bits per heavy atom. The van der Waals surface area contributed by atoms with E-state index in [0.29, 0.717) is 32.0 Å². The first kappa shape index (κ1) is 23.3. The van der Waals surface area contributed by atoms with Crippen LogP contribution in [0.1, 0.15) is 40.9 Å². The number of carbonyl (C=O) groups excluding carboxylic acids is 1. The number of H-pyrrole nitrogens is 1. The Morgan fingerprint density at radius 1 is 1.19 bits per heavy atom. The number of piperidine rings is 1. The number of thioether (sulfide) groups is 1. The van der Waals surface area contributed by atoms with Crippen LogP contribution in [0.2, 0.25) is 0 Å². The fourth-order valence-corrected chi connectivity index (χ4v) is 5.59. The number of likely N-dealkylation sites (tertiary alicyclic amines) is 1. The zero-order valence-corrected chi connectivity index (χ0v) is 20.0. The van der Waals surface area contributed by atoms with Gasteiger partial charge in [-0.25, -0.2) is 0 Å². The molecule has 0 aliphatic carbocycles. The van der Waals surface area contributed by atoms with Crippen molar-refractivity contribution in [1.29, 1.82) is 0 Å². The summed E-state index contributed by atoms with van der Waals surface area (Å²) < 4.78 is 10.3. The summed E-state index contributed by atoms with van der Waals surface area (Å²) in [5.41, 5.74) is 4.98. The van der Waals surface area contributed by atoms with Crippen LogP contribution in [0.5, 0.6) is 0 Å². The van der Waals surface area contributed by atoms with Crippen molar-refractivity contribution in [3.63, 3.8) is 0 Å². The molecule has 5 rings (SSSR count). The van der Waals surface area contributed by atoms with Gasteiger partial charge in [-0.1, -0.05) is 24.6 Å². The normalized spacial score (nSPS) is 18.4. The van der Waals surface area contributed by atoms with Crippen LogP contribution in [-0.2, 0) is 15.2 Å². The minimum atomic E-state index is 0.0359. The highest BCUT2D eigenvalue weighted by atomic mass is 32.2. The number of fused-ring (bicyclic) bond motifs is 3. The SMILES string of the molecule is COCCN1CCCCC1.Cc1cccc2c1SCc1c-2n[nH]c1C(=O)N1CCOCC1. The van der Waals surface area contributed by atoms with Crippen LogP contribution in [0.25, 0.3) is 11.3 Å². The van der Waals surface area contributed by atoms with E-state index in [4.69, 9.17) is 9.47 Å². The molecule has 3 aliphatic heterocycles. The molecular weight excluding hydrogens is 424 g/mol. The van der Waals surface area contributed by atoms with E-state index in [1.54, 1.807) is 18.9 Å². The van der Waals surface area contributed by atoms with Crippen molar-refractivity contribution in [2.45, 2.75) is 36.8 Å². The zero-order valence-electron chi connectivity index (χ0n) is 19.2. The molecule has 0 saturated carbocycles. The van der Waals surface area contributed by atoms with E-state index in [1.807, 2.05) is 11.0 Å². The predicted octanol–water partition coefficient (Wildman–Crippen LogP) is 3.58. The first-order valence-electron chi connectivity index (χ1n) is 11.6. The number of morpholine rings is 1. The van der Waals surface area contributed by atoms with Gasteiger partial charge in [0.15, 0.2) is 0 Å². The van der Waals surface area contributed by atoms with Crippen molar-refractivity contribution in [3.8, 4) is 11.3 Å². The van der Waals surface area contributed by atoms with E-state index in [1.165, 1.54) is 42.8 Å². The van der Waals surface area contributed by atoms with Crippen molar-refractivity contribution >= 4 is 17.7 Å². The molecule has 0 radical (unpaired) electrons. The lowest BCUT2D eigenvalue weighted by atomic mass is 10.0. The number of carbonyl (C=O) groups is 1. The van der Waals surface area contributed by atoms with E-state index >= 15 is 0 Å². The smallest absolute Gasteiger partial charge is 0.272 e. The molecule has 0 unspecified atom stereocenters. The number of aromatic nitrogens is 2. The molecule has 0 spiro atoms. The largest absolute Gasteiger partial charge is 0.383 e. The summed E-state index contributed by atoms with van der Waals surface area (Å²) in [5.74, 6) is 0.823. The summed E-state index contributed by atoms with van der Waals surface area (Å²) in [6.45, 7) is 9.20. The highest BCUT2D eigenvalue weighted by Gasteiger charge is 2.29. The van der Waals surface area contributed by atoms with E-state index in [2.05, 4.69) is 34.2 Å². The zero-order chi connectivity index (χ0) is 22.3. The van der Waals surface area contributed by atoms with Gasteiger partial charge in [0.1, 0.15) is 5.69 Å². The summed E-state index contributed by atoms with van der Waals surface area (Å²) in [4.78, 5) is 18.3. The number of nitrogens with zero attached hydrogens (tertiary/aromatic N) is 3. The van der Waals surface area contributed by atoms with E-state index in [0.717, 1.165) is 35.7 Å². The molecule has 2 aromatic rings. The quantitative estimate of drug-likeness (QED) is 0.755. The molecule has 4 heterocycles. The van der Waals surface area contributed by atoms with Crippen LogP contribution in [-0.4, -0.2) is 85.6 Å². The van der Waals surface area contributed by atoms with Gasteiger partial charge < -0.3 is 19.3 Å². The average Bonchev–Trinajstić information content (AvgIpc) is 3.29. The highest BCUT2D eigenvalue weighted by molar-refractivity contribution is 7.98. The number of aryl methyl sites for hydroxylation is 1. The second-order valence-electron chi connectivity index (χ2n) is 8.47. The molecule has 2 fully saturated rings. The summed E-state index contributed by atoms with van der Waals surface area (Å²) in [7, 11) is 1.77. The van der Waals surface area contributed by atoms with Gasteiger partial charge in [-0.15, -0.1) is 11.8 Å². The number of aromatic amines is 1. The molecule has 1 N–H and O–H groups in total. The molecule has 1 aromatic carbocycles. The number of methoxy groups -OCH3 is 1. The Balaban J connectivity index is 0.000000207. The Bertz CT molecular complexity index is 905. The molecule has 8 heteroatoms. The molecule has 32 heavy (non-hydrogen) atoms. The van der Waals surface area contributed by atoms with Gasteiger partial charge in [0.25, 0.3) is 5.91 Å². The van der Waals surface area contributed by atoms with E-state index in [-0.39, 0.29) is 5.91 Å². The van der Waals surface area contributed by atoms with Crippen molar-refractivity contribution < 1.29 is 14.3 Å². The number of nitrogens with one attached hydrogen (secondary N) is 1. The van der Waals surface area contributed by atoms with Gasteiger partial charge >= 0.3 is 0 Å². The van der Waals surface area contributed by atoms with Gasteiger partial charge in [0.2, 0.25) is 0 Å². The maximum atomic E-state index is 12.7. The lowest BCUT2D eigenvalue weighted by molar-refractivity contribution is 0.0298. The van der Waals surface area contributed by atoms with Gasteiger partial charge in [-0.2, -0.15) is 5.10 Å². The maximum absolute atomic E-state index is 12.7. The summed E-state index contributed by atoms with van der Waals surface area (Å²) in [6.07, 6.45) is 4.18. The molecule has 2 saturated heterocycles. The van der Waals surface area contributed by atoms with Crippen LogP contribution in [0.4, 0.5) is 0 Å². The summed E-state index contributed by atoms with van der Waals surface area (Å²) >= 11 is 1.79. The predicted molar refractivity (Wildman–Crippen MR) is 127 cm³/mol. The molecule has 1 amide bonds. The van der Waals surface area contributed by atoms with Gasteiger partial charge in [-0.3, -0.25) is 9.89 Å². The van der Waals surface area contributed by atoms with Crippen molar-refractivity contribution in [1.82, 2.24) is 20.0 Å². The van der Waals surface area contributed by atoms with Gasteiger partial charge in [-0.05, 0) is 38.4 Å². The second kappa shape index (κ2) is 11.3. The lowest BCUT2D eigenvalue weighted by Crippen LogP contribution is -2.41. The van der Waals surface area contributed by atoms with Crippen LogP contribution >= 0.6 is 11.8 Å². The fourth-order valence-electron chi connectivity index (χ4n) is 4.41. The van der Waals surface area contributed by atoms with Crippen LogP contribution in [0.3, 0.4) is 0 Å². The van der Waals surface area contributed by atoms with Crippen LogP contribution < -0.4 is 0 Å². The minimum Gasteiger partial charge on any atom is -0.383 e. The number of rotatable bonds is 4. The van der Waals surface area contributed by atoms with Gasteiger partial charge in [0.05, 0.1) is 25.5 Å². The third-order valence-corrected chi connectivity index (χ3v) is 7.53. The molecular formula is C24H34N4O3S. The van der Waals surface area contributed by atoms with Gasteiger partial charge in [0, 0.05) is 48.5 Å². The first-order valence-corrected chi connectivity index (χ1v) is 12.6. The minimum absolute atomic E-state index is 0.0359. The monoisotopic (exact) mass is 458 g/mol. The third kappa shape index (κ3) is 5.36. The maximum Gasteiger partial charge on any atom is 0.272 e. The number of amides is 1. The van der Waals surface area contributed by atoms with Crippen molar-refractivity contribution in [3.05, 3.63) is 35.0 Å². The standard InChI is InChI=1S/C16H17N3O2S.C8H17NO/c1-10-3-2-4-11-13-12(9-22-15(10)11)14(18-17-13)16(20)19-5-7-21-8-6-19;1-10-8-7-9-5-3-2-4-6-9/h2-4H,5-9H2,1H3,(H,17,18);2-8H2,1H3. The molecule has 0 bridgehead atoms. The summed E-state index contributed by atoms with van der Waals surface area (Å²) in [6, 6.07) is 6.24. The molecule has 1 aromatic heterocycles. The lowest BCUT2D eigenvalue weighted by Gasteiger charge is -2.27. The molecule has 0 atom stereocenters. The molecule has 3 aliphatic rings. The average molecular weight is 459 g/mol. The topological polar surface area (TPSA) is 70.7 Å². The number of hydrogen-bond donors (Lipinski definition) is 1. The Labute approximate surface area is 194 Å². The number of ether oxygens (including phenoxy) is 2. The number of hydrogen-bond acceptors (Lipinski definition) is 6. The summed E-state index contributed by atoms with van der Waals surface area (Å²) in [5, 5.41) is 7.42. The molecule has 174 valence electrons. The van der Waals surface area contributed by atoms with Crippen molar-refractivity contribution in [2.75, 3.05) is 59.7 Å². The van der Waals surface area contributed by atoms with E-state index in [9.17, 15) is 4.79 Å².